The number of hydrogen-bond acceptors (Lipinski definition) is 9. The van der Waals surface area contributed by atoms with Gasteiger partial charge >= 0.3 is 0 Å². The van der Waals surface area contributed by atoms with Crippen molar-refractivity contribution in [2.24, 2.45) is 5.92 Å². The van der Waals surface area contributed by atoms with Crippen LogP contribution >= 0.6 is 22.7 Å². The molecule has 1 fully saturated rings. The maximum absolute atomic E-state index is 12.1. The summed E-state index contributed by atoms with van der Waals surface area (Å²) in [6.45, 7) is 4.52. The molecule has 29 heavy (non-hydrogen) atoms. The number of carbonyl (C=O) groups excluding carboxylic acids is 1. The Balaban J connectivity index is 1.23. The Kier molecular flexibility index (Phi) is 6.30. The Morgan fingerprint density at radius 2 is 2.07 bits per heavy atom. The van der Waals surface area contributed by atoms with E-state index in [-0.39, 0.29) is 5.91 Å². The van der Waals surface area contributed by atoms with Crippen LogP contribution in [0.4, 0.5) is 10.3 Å². The second-order valence-electron chi connectivity index (χ2n) is 6.83. The lowest BCUT2D eigenvalue weighted by Gasteiger charge is -2.13. The Hall–Kier alpha value is -2.59. The van der Waals surface area contributed by atoms with E-state index in [0.717, 1.165) is 41.6 Å². The van der Waals surface area contributed by atoms with E-state index in [1.807, 2.05) is 30.3 Å². The molecule has 152 valence electrons. The van der Waals surface area contributed by atoms with E-state index in [4.69, 9.17) is 4.74 Å². The molecule has 2 aromatic heterocycles. The zero-order valence-corrected chi connectivity index (χ0v) is 17.7. The summed E-state index contributed by atoms with van der Waals surface area (Å²) in [4.78, 5) is 14.4. The smallest absolute Gasteiger partial charge is 0.295 e. The summed E-state index contributed by atoms with van der Waals surface area (Å²) >= 11 is 2.91. The molecule has 10 heteroatoms. The first-order chi connectivity index (χ1) is 14.2. The summed E-state index contributed by atoms with van der Waals surface area (Å²) in [6.07, 6.45) is 2.26. The molecule has 0 aliphatic carbocycles. The molecule has 0 bridgehead atoms. The fourth-order valence-electron chi connectivity index (χ4n) is 3.11. The minimum absolute atomic E-state index is 0.117. The Bertz CT molecular complexity index is 945. The molecule has 3 aromatic rings. The summed E-state index contributed by atoms with van der Waals surface area (Å²) in [5.74, 6) is 0.290. The van der Waals surface area contributed by atoms with E-state index in [0.29, 0.717) is 29.3 Å². The number of aryl methyl sites for hydroxylation is 1. The quantitative estimate of drug-likeness (QED) is 0.587. The second-order valence-corrected chi connectivity index (χ2v) is 8.81. The Labute approximate surface area is 177 Å². The van der Waals surface area contributed by atoms with Crippen LogP contribution in [0.15, 0.2) is 30.3 Å². The van der Waals surface area contributed by atoms with Gasteiger partial charge in [-0.05, 0) is 29.7 Å². The predicted molar refractivity (Wildman–Crippen MR) is 114 cm³/mol. The van der Waals surface area contributed by atoms with Gasteiger partial charge in [0.1, 0.15) is 5.01 Å². The molecule has 1 aromatic carbocycles. The van der Waals surface area contributed by atoms with Crippen molar-refractivity contribution in [2.75, 3.05) is 29.9 Å². The minimum Gasteiger partial charge on any atom is -0.469 e. The first kappa shape index (κ1) is 19.7. The zero-order chi connectivity index (χ0) is 20.1. The van der Waals surface area contributed by atoms with Crippen molar-refractivity contribution in [3.8, 4) is 5.19 Å². The maximum atomic E-state index is 12.1. The van der Waals surface area contributed by atoms with Gasteiger partial charge in [-0.3, -0.25) is 4.79 Å². The molecule has 1 aliphatic heterocycles. The topological polar surface area (TPSA) is 93.1 Å². The number of ether oxygens (including phenoxy) is 1. The largest absolute Gasteiger partial charge is 0.469 e. The number of benzene rings is 1. The van der Waals surface area contributed by atoms with Gasteiger partial charge in [0.2, 0.25) is 16.2 Å². The van der Waals surface area contributed by atoms with Crippen LogP contribution in [-0.2, 0) is 17.6 Å². The number of hydrogen-bond donors (Lipinski definition) is 1. The first-order valence-corrected chi connectivity index (χ1v) is 11.2. The molecular formula is C19H22N6O2S2. The molecule has 0 radical (unpaired) electrons. The minimum atomic E-state index is -0.117. The van der Waals surface area contributed by atoms with Gasteiger partial charge < -0.3 is 15.0 Å². The van der Waals surface area contributed by atoms with Crippen LogP contribution in [0.1, 0.15) is 23.9 Å². The Morgan fingerprint density at radius 3 is 2.86 bits per heavy atom. The van der Waals surface area contributed by atoms with E-state index < -0.39 is 0 Å². The lowest BCUT2D eigenvalue weighted by Crippen LogP contribution is -2.21. The van der Waals surface area contributed by atoms with E-state index in [1.165, 1.54) is 11.3 Å². The van der Waals surface area contributed by atoms with Crippen LogP contribution in [0.25, 0.3) is 0 Å². The third-order valence-electron chi connectivity index (χ3n) is 4.62. The number of carbonyl (C=O) groups is 1. The standard InChI is InChI=1S/C19H22N6O2S2/c1-2-16-21-23-18(28-16)25-9-8-14(11-25)12-27-19-24-22-17(29-19)20-15(26)10-13-6-4-3-5-7-13/h3-7,14H,2,8-12H2,1H3,(H,20,22,26)/t14-/m0/s1. The highest BCUT2D eigenvalue weighted by Gasteiger charge is 2.26. The van der Waals surface area contributed by atoms with Gasteiger partial charge in [0.15, 0.2) is 0 Å². The van der Waals surface area contributed by atoms with Gasteiger partial charge in [0.25, 0.3) is 5.19 Å². The van der Waals surface area contributed by atoms with E-state index in [2.05, 4.69) is 37.5 Å². The summed E-state index contributed by atoms with van der Waals surface area (Å²) < 4.78 is 5.82. The van der Waals surface area contributed by atoms with Crippen LogP contribution in [0.2, 0.25) is 0 Å². The average molecular weight is 431 g/mol. The summed E-state index contributed by atoms with van der Waals surface area (Å²) in [6, 6.07) is 9.60. The van der Waals surface area contributed by atoms with Crippen molar-refractivity contribution >= 4 is 38.8 Å². The van der Waals surface area contributed by atoms with Crippen LogP contribution in [-0.4, -0.2) is 46.0 Å². The average Bonchev–Trinajstić information content (AvgIpc) is 3.47. The van der Waals surface area contributed by atoms with Crippen LogP contribution < -0.4 is 15.0 Å². The van der Waals surface area contributed by atoms with E-state index in [9.17, 15) is 4.79 Å². The second kappa shape index (κ2) is 9.27. The van der Waals surface area contributed by atoms with Gasteiger partial charge in [-0.25, -0.2) is 0 Å². The monoisotopic (exact) mass is 430 g/mol. The van der Waals surface area contributed by atoms with Gasteiger partial charge in [0.05, 0.1) is 13.0 Å². The number of aromatic nitrogens is 4. The highest BCUT2D eigenvalue weighted by molar-refractivity contribution is 7.17. The van der Waals surface area contributed by atoms with E-state index in [1.54, 1.807) is 11.3 Å². The first-order valence-electron chi connectivity index (χ1n) is 9.57. The molecule has 1 atom stereocenters. The third-order valence-corrected chi connectivity index (χ3v) is 6.50. The predicted octanol–water partition coefficient (Wildman–Crippen LogP) is 3.04. The SMILES string of the molecule is CCc1nnc(N2CC[C@H](COc3nnc(NC(=O)Cc4ccccc4)s3)C2)s1. The van der Waals surface area contributed by atoms with Gasteiger partial charge in [0, 0.05) is 19.0 Å². The molecule has 3 heterocycles. The molecule has 1 amide bonds. The summed E-state index contributed by atoms with van der Waals surface area (Å²) in [5, 5.41) is 22.3. The highest BCUT2D eigenvalue weighted by atomic mass is 32.1. The third kappa shape index (κ3) is 5.27. The van der Waals surface area contributed by atoms with E-state index >= 15 is 0 Å². The number of amides is 1. The number of nitrogens with one attached hydrogen (secondary N) is 1. The van der Waals surface area contributed by atoms with Crippen molar-refractivity contribution in [3.05, 3.63) is 40.9 Å². The van der Waals surface area contributed by atoms with Crippen molar-refractivity contribution in [3.63, 3.8) is 0 Å². The van der Waals surface area contributed by atoms with Crippen LogP contribution in [0.5, 0.6) is 5.19 Å². The lowest BCUT2D eigenvalue weighted by atomic mass is 10.1. The highest BCUT2D eigenvalue weighted by Crippen LogP contribution is 2.28. The molecular weight excluding hydrogens is 408 g/mol. The fraction of sp³-hybridized carbons (Fsp3) is 0.421. The molecule has 8 nitrogen and oxygen atoms in total. The molecule has 1 N–H and O–H groups in total. The Morgan fingerprint density at radius 1 is 1.21 bits per heavy atom. The molecule has 1 saturated heterocycles. The van der Waals surface area contributed by atoms with Crippen LogP contribution in [0, 0.1) is 5.92 Å². The summed E-state index contributed by atoms with van der Waals surface area (Å²) in [5.41, 5.74) is 0.957. The molecule has 0 unspecified atom stereocenters. The number of rotatable bonds is 8. The van der Waals surface area contributed by atoms with Crippen molar-refractivity contribution < 1.29 is 9.53 Å². The normalized spacial score (nSPS) is 16.2. The molecule has 0 spiro atoms. The zero-order valence-electron chi connectivity index (χ0n) is 16.1. The maximum Gasteiger partial charge on any atom is 0.295 e. The van der Waals surface area contributed by atoms with Gasteiger partial charge in [-0.1, -0.05) is 53.7 Å². The van der Waals surface area contributed by atoms with Crippen molar-refractivity contribution in [2.45, 2.75) is 26.2 Å². The summed E-state index contributed by atoms with van der Waals surface area (Å²) in [7, 11) is 0. The molecule has 4 rings (SSSR count). The fourth-order valence-corrected chi connectivity index (χ4v) is 4.54. The van der Waals surface area contributed by atoms with Gasteiger partial charge in [-0.2, -0.15) is 0 Å². The van der Waals surface area contributed by atoms with Gasteiger partial charge in [-0.15, -0.1) is 15.3 Å². The molecule has 1 aliphatic rings. The van der Waals surface area contributed by atoms with Crippen molar-refractivity contribution in [1.82, 2.24) is 20.4 Å². The lowest BCUT2D eigenvalue weighted by molar-refractivity contribution is -0.115. The van der Waals surface area contributed by atoms with Crippen LogP contribution in [0.3, 0.4) is 0 Å². The van der Waals surface area contributed by atoms with Crippen molar-refractivity contribution in [1.29, 1.82) is 0 Å². The molecule has 0 saturated carbocycles. The number of nitrogens with zero attached hydrogens (tertiary/aromatic N) is 5. The number of anilines is 2.